The van der Waals surface area contributed by atoms with Crippen LogP contribution in [0.25, 0.3) is 0 Å². The molecule has 0 saturated heterocycles. The summed E-state index contributed by atoms with van der Waals surface area (Å²) in [5.74, 6) is 1.02. The molecule has 0 bridgehead atoms. The van der Waals surface area contributed by atoms with Gasteiger partial charge in [-0.3, -0.25) is 0 Å². The minimum Gasteiger partial charge on any atom is -0.314 e. The third-order valence-corrected chi connectivity index (χ3v) is 3.00. The Hall–Kier alpha value is -0.0400. The Bertz CT molecular complexity index is 112. The average Bonchev–Trinajstić information content (AvgIpc) is 2.86. The second-order valence-electron chi connectivity index (χ2n) is 4.19. The fourth-order valence-corrected chi connectivity index (χ4v) is 2.01. The summed E-state index contributed by atoms with van der Waals surface area (Å²) in [5.41, 5.74) is 0. The summed E-state index contributed by atoms with van der Waals surface area (Å²) in [6, 6.07) is 0.914. The molecule has 0 aromatic carbocycles. The number of hydrogen-bond donors (Lipinski definition) is 1. The fourth-order valence-electron chi connectivity index (χ4n) is 2.01. The van der Waals surface area contributed by atoms with Crippen LogP contribution in [0.4, 0.5) is 0 Å². The van der Waals surface area contributed by atoms with Gasteiger partial charge in [0, 0.05) is 6.04 Å². The summed E-state index contributed by atoms with van der Waals surface area (Å²) >= 11 is 0. The van der Waals surface area contributed by atoms with E-state index in [1.165, 1.54) is 51.5 Å². The van der Waals surface area contributed by atoms with Crippen molar-refractivity contribution in [3.63, 3.8) is 0 Å². The molecule has 0 aliphatic heterocycles. The molecule has 0 atom stereocenters. The molecule has 2 fully saturated rings. The van der Waals surface area contributed by atoms with E-state index in [1.54, 1.807) is 0 Å². The molecule has 0 aromatic rings. The highest BCUT2D eigenvalue weighted by molar-refractivity contribution is 4.82. The Morgan fingerprint density at radius 1 is 0.909 bits per heavy atom. The lowest BCUT2D eigenvalue weighted by Crippen LogP contribution is -2.25. The van der Waals surface area contributed by atoms with Gasteiger partial charge in [-0.15, -0.1) is 0 Å². The Morgan fingerprint density at radius 3 is 2.27 bits per heavy atom. The highest BCUT2D eigenvalue weighted by Crippen LogP contribution is 2.25. The monoisotopic (exact) mass is 153 g/mol. The van der Waals surface area contributed by atoms with Crippen LogP contribution in [0.3, 0.4) is 0 Å². The number of hydrogen-bond acceptors (Lipinski definition) is 1. The SMILES string of the molecule is C1CCC(CNC2CC2)CC1. The molecule has 11 heavy (non-hydrogen) atoms. The second-order valence-corrected chi connectivity index (χ2v) is 4.19. The van der Waals surface area contributed by atoms with E-state index in [1.807, 2.05) is 0 Å². The van der Waals surface area contributed by atoms with Gasteiger partial charge in [0.15, 0.2) is 0 Å². The Kier molecular flexibility index (Phi) is 2.47. The molecule has 2 rings (SSSR count). The van der Waals surface area contributed by atoms with E-state index in [0.29, 0.717) is 0 Å². The molecule has 1 nitrogen and oxygen atoms in total. The van der Waals surface area contributed by atoms with Gasteiger partial charge >= 0.3 is 0 Å². The zero-order valence-corrected chi connectivity index (χ0v) is 7.31. The van der Waals surface area contributed by atoms with Crippen molar-refractivity contribution in [3.05, 3.63) is 0 Å². The van der Waals surface area contributed by atoms with Crippen molar-refractivity contribution >= 4 is 0 Å². The zero-order valence-electron chi connectivity index (χ0n) is 7.31. The van der Waals surface area contributed by atoms with Crippen LogP contribution in [0.5, 0.6) is 0 Å². The molecule has 1 heteroatoms. The molecule has 2 aliphatic rings. The van der Waals surface area contributed by atoms with Gasteiger partial charge in [-0.2, -0.15) is 0 Å². The van der Waals surface area contributed by atoms with Gasteiger partial charge in [0.05, 0.1) is 0 Å². The third-order valence-electron chi connectivity index (χ3n) is 3.00. The average molecular weight is 153 g/mol. The molecule has 0 unspecified atom stereocenters. The summed E-state index contributed by atoms with van der Waals surface area (Å²) in [5, 5.41) is 3.63. The van der Waals surface area contributed by atoms with E-state index < -0.39 is 0 Å². The Balaban J connectivity index is 1.59. The van der Waals surface area contributed by atoms with E-state index in [2.05, 4.69) is 5.32 Å². The van der Waals surface area contributed by atoms with Gasteiger partial charge in [0.2, 0.25) is 0 Å². The minimum atomic E-state index is 0.914. The maximum absolute atomic E-state index is 3.63. The van der Waals surface area contributed by atoms with Crippen LogP contribution in [0, 0.1) is 5.92 Å². The highest BCUT2D eigenvalue weighted by atomic mass is 14.9. The van der Waals surface area contributed by atoms with Crippen LogP contribution in [0.15, 0.2) is 0 Å². The topological polar surface area (TPSA) is 12.0 Å². The van der Waals surface area contributed by atoms with Gasteiger partial charge in [-0.05, 0) is 38.1 Å². The first-order chi connectivity index (χ1) is 5.45. The molecule has 0 radical (unpaired) electrons. The Labute approximate surface area is 69.6 Å². The van der Waals surface area contributed by atoms with Crippen LogP contribution in [0.1, 0.15) is 44.9 Å². The van der Waals surface area contributed by atoms with Crippen LogP contribution in [-0.4, -0.2) is 12.6 Å². The van der Waals surface area contributed by atoms with Crippen LogP contribution in [-0.2, 0) is 0 Å². The number of nitrogens with one attached hydrogen (secondary N) is 1. The quantitative estimate of drug-likeness (QED) is 0.656. The molecule has 2 aliphatic carbocycles. The molecule has 0 aromatic heterocycles. The van der Waals surface area contributed by atoms with Crippen LogP contribution >= 0.6 is 0 Å². The lowest BCUT2D eigenvalue weighted by atomic mass is 9.89. The highest BCUT2D eigenvalue weighted by Gasteiger charge is 2.22. The summed E-state index contributed by atoms with van der Waals surface area (Å²) < 4.78 is 0. The second kappa shape index (κ2) is 3.57. The van der Waals surface area contributed by atoms with Crippen molar-refractivity contribution in [3.8, 4) is 0 Å². The third kappa shape index (κ3) is 2.48. The van der Waals surface area contributed by atoms with Crippen molar-refractivity contribution < 1.29 is 0 Å². The van der Waals surface area contributed by atoms with Crippen molar-refractivity contribution in [2.75, 3.05) is 6.54 Å². The first-order valence-electron chi connectivity index (χ1n) is 5.18. The molecule has 0 spiro atoms. The number of rotatable bonds is 3. The summed E-state index contributed by atoms with van der Waals surface area (Å²) in [7, 11) is 0. The predicted molar refractivity (Wildman–Crippen MR) is 47.6 cm³/mol. The van der Waals surface area contributed by atoms with E-state index in [4.69, 9.17) is 0 Å². The van der Waals surface area contributed by atoms with Crippen LogP contribution < -0.4 is 5.32 Å². The first-order valence-corrected chi connectivity index (χ1v) is 5.18. The largest absolute Gasteiger partial charge is 0.314 e. The summed E-state index contributed by atoms with van der Waals surface area (Å²) in [6.07, 6.45) is 10.3. The predicted octanol–water partition coefficient (Wildman–Crippen LogP) is 2.32. The van der Waals surface area contributed by atoms with E-state index in [-0.39, 0.29) is 0 Å². The Morgan fingerprint density at radius 2 is 1.64 bits per heavy atom. The van der Waals surface area contributed by atoms with Crippen molar-refractivity contribution in [1.82, 2.24) is 5.32 Å². The smallest absolute Gasteiger partial charge is 0.00683 e. The zero-order chi connectivity index (χ0) is 7.52. The van der Waals surface area contributed by atoms with Crippen molar-refractivity contribution in [2.45, 2.75) is 51.0 Å². The van der Waals surface area contributed by atoms with E-state index in [9.17, 15) is 0 Å². The lowest BCUT2D eigenvalue weighted by Gasteiger charge is -2.21. The van der Waals surface area contributed by atoms with Gasteiger partial charge in [0.1, 0.15) is 0 Å². The minimum absolute atomic E-state index is 0.914. The maximum Gasteiger partial charge on any atom is 0.00683 e. The van der Waals surface area contributed by atoms with E-state index >= 15 is 0 Å². The lowest BCUT2D eigenvalue weighted by molar-refractivity contribution is 0.341. The first kappa shape index (κ1) is 7.60. The van der Waals surface area contributed by atoms with Gasteiger partial charge in [0.25, 0.3) is 0 Å². The molecule has 1 N–H and O–H groups in total. The van der Waals surface area contributed by atoms with Crippen molar-refractivity contribution in [2.24, 2.45) is 5.92 Å². The molecule has 0 heterocycles. The maximum atomic E-state index is 3.63. The molecular formula is C10H19N. The molecule has 2 saturated carbocycles. The normalized spacial score (nSPS) is 27.3. The molecule has 0 amide bonds. The van der Waals surface area contributed by atoms with Crippen molar-refractivity contribution in [1.29, 1.82) is 0 Å². The molecule has 64 valence electrons. The van der Waals surface area contributed by atoms with Crippen LogP contribution in [0.2, 0.25) is 0 Å². The van der Waals surface area contributed by atoms with E-state index in [0.717, 1.165) is 12.0 Å². The summed E-state index contributed by atoms with van der Waals surface area (Å²) in [4.78, 5) is 0. The summed E-state index contributed by atoms with van der Waals surface area (Å²) in [6.45, 7) is 1.31. The fraction of sp³-hybridized carbons (Fsp3) is 1.00. The standard InChI is InChI=1S/C10H19N/c1-2-4-9(5-3-1)8-11-10-6-7-10/h9-11H,1-8H2. The van der Waals surface area contributed by atoms with Gasteiger partial charge in [-0.25, -0.2) is 0 Å². The molecular weight excluding hydrogens is 134 g/mol. The van der Waals surface area contributed by atoms with Gasteiger partial charge < -0.3 is 5.32 Å². The van der Waals surface area contributed by atoms with Gasteiger partial charge in [-0.1, -0.05) is 19.3 Å².